The lowest BCUT2D eigenvalue weighted by Gasteiger charge is -2.36. The third kappa shape index (κ3) is 5.34. The fourth-order valence-corrected chi connectivity index (χ4v) is 4.37. The van der Waals surface area contributed by atoms with Crippen molar-refractivity contribution in [3.8, 4) is 0 Å². The van der Waals surface area contributed by atoms with Crippen molar-refractivity contribution >= 4 is 40.1 Å². The highest BCUT2D eigenvalue weighted by Gasteiger charge is 2.28. The van der Waals surface area contributed by atoms with E-state index < -0.39 is 6.04 Å². The van der Waals surface area contributed by atoms with Gasteiger partial charge in [0.15, 0.2) is 0 Å². The Kier molecular flexibility index (Phi) is 6.94. The molecule has 1 atom stereocenters. The molecule has 170 valence electrons. The molecule has 1 saturated heterocycles. The molecule has 0 saturated carbocycles. The first kappa shape index (κ1) is 22.8. The molecule has 4 rings (SSSR count). The number of fused-ring (bicyclic) bond motifs is 1. The fraction of sp³-hybridized carbons (Fsp3) is 0.269. The van der Waals surface area contributed by atoms with Crippen molar-refractivity contribution in [2.75, 3.05) is 26.2 Å². The van der Waals surface area contributed by atoms with Crippen molar-refractivity contribution in [2.24, 2.45) is 0 Å². The van der Waals surface area contributed by atoms with Gasteiger partial charge in [0.25, 0.3) is 5.91 Å². The Bertz CT molecular complexity index is 1180. The zero-order chi connectivity index (χ0) is 23.4. The van der Waals surface area contributed by atoms with E-state index in [1.807, 2.05) is 42.5 Å². The van der Waals surface area contributed by atoms with Crippen molar-refractivity contribution in [1.29, 1.82) is 0 Å². The predicted octanol–water partition coefficient (Wildman–Crippen LogP) is 3.53. The van der Waals surface area contributed by atoms with Crippen LogP contribution in [0.15, 0.2) is 66.7 Å². The first-order valence-electron chi connectivity index (χ1n) is 11.0. The van der Waals surface area contributed by atoms with E-state index in [1.54, 1.807) is 41.0 Å². The summed E-state index contributed by atoms with van der Waals surface area (Å²) < 4.78 is 0. The summed E-state index contributed by atoms with van der Waals surface area (Å²) >= 11 is 5.99. The molecule has 3 aromatic carbocycles. The molecule has 6 nitrogen and oxygen atoms in total. The van der Waals surface area contributed by atoms with E-state index in [-0.39, 0.29) is 24.1 Å². The van der Waals surface area contributed by atoms with Gasteiger partial charge in [0, 0.05) is 36.8 Å². The lowest BCUT2D eigenvalue weighted by atomic mass is 10.0. The average Bonchev–Trinajstić information content (AvgIpc) is 2.83. The summed E-state index contributed by atoms with van der Waals surface area (Å²) in [6.45, 7) is 3.43. The maximum absolute atomic E-state index is 12.9. The first-order valence-corrected chi connectivity index (χ1v) is 11.4. The van der Waals surface area contributed by atoms with Gasteiger partial charge in [-0.05, 0) is 41.5 Å². The summed E-state index contributed by atoms with van der Waals surface area (Å²) in [5.74, 6) is -0.431. The van der Waals surface area contributed by atoms with Gasteiger partial charge in [-0.25, -0.2) is 0 Å². The van der Waals surface area contributed by atoms with Crippen molar-refractivity contribution < 1.29 is 14.4 Å². The van der Waals surface area contributed by atoms with Crippen LogP contribution in [0.5, 0.6) is 0 Å². The van der Waals surface area contributed by atoms with Gasteiger partial charge in [0.1, 0.15) is 6.04 Å². The maximum atomic E-state index is 12.9. The second-order valence-corrected chi connectivity index (χ2v) is 8.67. The first-order chi connectivity index (χ1) is 15.9. The lowest BCUT2D eigenvalue weighted by Crippen LogP contribution is -2.55. The van der Waals surface area contributed by atoms with Gasteiger partial charge in [0.2, 0.25) is 11.8 Å². The highest BCUT2D eigenvalue weighted by Crippen LogP contribution is 2.19. The third-order valence-electron chi connectivity index (χ3n) is 5.93. The summed E-state index contributed by atoms with van der Waals surface area (Å²) in [7, 11) is 0. The van der Waals surface area contributed by atoms with Crippen LogP contribution in [-0.2, 0) is 16.0 Å². The standard InChI is InChI=1S/C26H26ClN3O3/c1-18(28-24(31)17-20-8-4-7-19-6-2-3-11-23(19)20)25(32)29-12-14-30(15-13-29)26(33)21-9-5-10-22(27)16-21/h2-11,16,18H,12-15,17H2,1H3,(H,28,31)/t18-/m1/s1. The van der Waals surface area contributed by atoms with Crippen LogP contribution in [0.3, 0.4) is 0 Å². The predicted molar refractivity (Wildman–Crippen MR) is 129 cm³/mol. The van der Waals surface area contributed by atoms with Crippen molar-refractivity contribution in [1.82, 2.24) is 15.1 Å². The van der Waals surface area contributed by atoms with Gasteiger partial charge in [0.05, 0.1) is 6.42 Å². The molecule has 0 spiro atoms. The monoisotopic (exact) mass is 463 g/mol. The molecule has 0 bridgehead atoms. The number of piperazine rings is 1. The Balaban J connectivity index is 1.30. The zero-order valence-electron chi connectivity index (χ0n) is 18.5. The summed E-state index contributed by atoms with van der Waals surface area (Å²) in [6, 6.07) is 20.0. The minimum Gasteiger partial charge on any atom is -0.344 e. The Morgan fingerprint density at radius 3 is 2.33 bits per heavy atom. The number of nitrogens with one attached hydrogen (secondary N) is 1. The molecule has 1 heterocycles. The second-order valence-electron chi connectivity index (χ2n) is 8.23. The van der Waals surface area contributed by atoms with Crippen LogP contribution < -0.4 is 5.32 Å². The van der Waals surface area contributed by atoms with Crippen LogP contribution in [0.2, 0.25) is 5.02 Å². The second kappa shape index (κ2) is 10.0. The van der Waals surface area contributed by atoms with Crippen molar-refractivity contribution in [2.45, 2.75) is 19.4 Å². The Labute approximate surface area is 198 Å². The van der Waals surface area contributed by atoms with E-state index in [4.69, 9.17) is 11.6 Å². The van der Waals surface area contributed by atoms with Gasteiger partial charge in [-0.3, -0.25) is 14.4 Å². The summed E-state index contributed by atoms with van der Waals surface area (Å²) in [4.78, 5) is 41.6. The van der Waals surface area contributed by atoms with Gasteiger partial charge < -0.3 is 15.1 Å². The fourth-order valence-electron chi connectivity index (χ4n) is 4.18. The van der Waals surface area contributed by atoms with Gasteiger partial charge in [-0.15, -0.1) is 0 Å². The number of hydrogen-bond donors (Lipinski definition) is 1. The van der Waals surface area contributed by atoms with Crippen molar-refractivity contribution in [3.05, 3.63) is 82.9 Å². The Morgan fingerprint density at radius 2 is 1.58 bits per heavy atom. The molecule has 0 radical (unpaired) electrons. The number of carbonyl (C=O) groups excluding carboxylic acids is 3. The molecule has 0 unspecified atom stereocenters. The number of amides is 3. The summed E-state index contributed by atoms with van der Waals surface area (Å²) in [6.07, 6.45) is 0.209. The number of nitrogens with zero attached hydrogens (tertiary/aromatic N) is 2. The molecule has 1 aliphatic heterocycles. The van der Waals surface area contributed by atoms with E-state index in [0.29, 0.717) is 36.8 Å². The highest BCUT2D eigenvalue weighted by molar-refractivity contribution is 6.30. The van der Waals surface area contributed by atoms with E-state index in [1.165, 1.54) is 0 Å². The molecule has 0 aromatic heterocycles. The quantitative estimate of drug-likeness (QED) is 0.629. The normalized spacial score (nSPS) is 14.7. The molecule has 7 heteroatoms. The minimum atomic E-state index is -0.636. The molecule has 33 heavy (non-hydrogen) atoms. The zero-order valence-corrected chi connectivity index (χ0v) is 19.2. The van der Waals surface area contributed by atoms with Crippen molar-refractivity contribution in [3.63, 3.8) is 0 Å². The summed E-state index contributed by atoms with van der Waals surface area (Å²) in [5, 5.41) is 5.46. The van der Waals surface area contributed by atoms with E-state index >= 15 is 0 Å². The smallest absolute Gasteiger partial charge is 0.254 e. The molecular formula is C26H26ClN3O3. The minimum absolute atomic E-state index is 0.0963. The largest absolute Gasteiger partial charge is 0.344 e. The molecule has 1 N–H and O–H groups in total. The molecule has 1 fully saturated rings. The van der Waals surface area contributed by atoms with Crippen LogP contribution in [-0.4, -0.2) is 59.7 Å². The van der Waals surface area contributed by atoms with Crippen LogP contribution in [0.1, 0.15) is 22.8 Å². The molecule has 3 aromatic rings. The SMILES string of the molecule is C[C@@H](NC(=O)Cc1cccc2ccccc12)C(=O)N1CCN(C(=O)c2cccc(Cl)c2)CC1. The number of hydrogen-bond acceptors (Lipinski definition) is 3. The number of rotatable bonds is 5. The highest BCUT2D eigenvalue weighted by atomic mass is 35.5. The van der Waals surface area contributed by atoms with Gasteiger partial charge in [-0.1, -0.05) is 60.1 Å². The number of halogens is 1. The molecule has 0 aliphatic carbocycles. The molecular weight excluding hydrogens is 438 g/mol. The van der Waals surface area contributed by atoms with E-state index in [2.05, 4.69) is 5.32 Å². The molecule has 3 amide bonds. The number of carbonyl (C=O) groups is 3. The van der Waals surface area contributed by atoms with Crippen LogP contribution >= 0.6 is 11.6 Å². The maximum Gasteiger partial charge on any atom is 0.254 e. The lowest BCUT2D eigenvalue weighted by molar-refractivity contribution is -0.137. The van der Waals surface area contributed by atoms with Crippen LogP contribution in [0.4, 0.5) is 0 Å². The summed E-state index contributed by atoms with van der Waals surface area (Å²) in [5.41, 5.74) is 1.47. The third-order valence-corrected chi connectivity index (χ3v) is 6.16. The van der Waals surface area contributed by atoms with E-state index in [9.17, 15) is 14.4 Å². The Hall–Kier alpha value is -3.38. The average molecular weight is 464 g/mol. The number of benzene rings is 3. The topological polar surface area (TPSA) is 69.7 Å². The Morgan fingerprint density at radius 1 is 0.909 bits per heavy atom. The molecule has 1 aliphatic rings. The van der Waals surface area contributed by atoms with Gasteiger partial charge >= 0.3 is 0 Å². The van der Waals surface area contributed by atoms with Crippen LogP contribution in [0, 0.1) is 0 Å². The van der Waals surface area contributed by atoms with Gasteiger partial charge in [-0.2, -0.15) is 0 Å². The van der Waals surface area contributed by atoms with E-state index in [0.717, 1.165) is 16.3 Å². The van der Waals surface area contributed by atoms with Crippen LogP contribution in [0.25, 0.3) is 10.8 Å².